The van der Waals surface area contributed by atoms with Crippen molar-refractivity contribution in [2.45, 2.75) is 45.7 Å². The van der Waals surface area contributed by atoms with Gasteiger partial charge in [0, 0.05) is 43.2 Å². The van der Waals surface area contributed by atoms with Crippen molar-refractivity contribution >= 4 is 17.4 Å². The van der Waals surface area contributed by atoms with Gasteiger partial charge in [0.15, 0.2) is 5.78 Å². The van der Waals surface area contributed by atoms with Gasteiger partial charge >= 0.3 is 0 Å². The van der Waals surface area contributed by atoms with Crippen molar-refractivity contribution in [3.63, 3.8) is 0 Å². The Morgan fingerprint density at radius 2 is 1.48 bits per heavy atom. The number of ketones is 1. The Labute approximate surface area is 195 Å². The van der Waals surface area contributed by atoms with Crippen LogP contribution in [0.15, 0.2) is 66.7 Å². The number of carbonyl (C=O) groups excluding carboxylic acids is 2. The summed E-state index contributed by atoms with van der Waals surface area (Å²) in [5.74, 6) is 0.255. The molecule has 1 amide bonds. The van der Waals surface area contributed by atoms with Crippen LogP contribution >= 0.6 is 0 Å². The lowest BCUT2D eigenvalue weighted by Gasteiger charge is -2.33. The van der Waals surface area contributed by atoms with Crippen LogP contribution < -0.4 is 5.32 Å². The first-order valence-corrected chi connectivity index (χ1v) is 11.9. The molecule has 0 saturated heterocycles. The molecule has 0 bridgehead atoms. The molecular formula is C29H30N2O2. The Balaban J connectivity index is 1.42. The van der Waals surface area contributed by atoms with E-state index in [0.717, 1.165) is 54.9 Å². The van der Waals surface area contributed by atoms with Crippen LogP contribution in [-0.4, -0.2) is 23.1 Å². The number of anilines is 1. The fourth-order valence-electron chi connectivity index (χ4n) is 5.35. The third-order valence-electron chi connectivity index (χ3n) is 6.98. The Morgan fingerprint density at radius 1 is 0.848 bits per heavy atom. The molecule has 1 unspecified atom stereocenters. The minimum Gasteiger partial charge on any atom is -0.326 e. The second kappa shape index (κ2) is 9.32. The number of amides is 1. The van der Waals surface area contributed by atoms with Crippen molar-refractivity contribution in [3.8, 4) is 0 Å². The quantitative estimate of drug-likeness (QED) is 0.566. The summed E-state index contributed by atoms with van der Waals surface area (Å²) in [5.41, 5.74) is 7.58. The first-order chi connectivity index (χ1) is 16.1. The summed E-state index contributed by atoms with van der Waals surface area (Å²) in [7, 11) is 0. The van der Waals surface area contributed by atoms with E-state index >= 15 is 0 Å². The Kier molecular flexibility index (Phi) is 6.10. The third-order valence-corrected chi connectivity index (χ3v) is 6.98. The zero-order chi connectivity index (χ0) is 22.8. The molecule has 1 aliphatic heterocycles. The lowest BCUT2D eigenvalue weighted by Crippen LogP contribution is -2.36. The smallest absolute Gasteiger partial charge is 0.224 e. The van der Waals surface area contributed by atoms with Crippen molar-refractivity contribution < 1.29 is 9.59 Å². The summed E-state index contributed by atoms with van der Waals surface area (Å²) in [4.78, 5) is 28.2. The van der Waals surface area contributed by atoms with Gasteiger partial charge in [0.25, 0.3) is 0 Å². The molecule has 1 N–H and O–H groups in total. The number of fused-ring (bicyclic) bond motifs is 3. The van der Waals surface area contributed by atoms with Crippen molar-refractivity contribution in [3.05, 3.63) is 100 Å². The van der Waals surface area contributed by atoms with Gasteiger partial charge in [0.05, 0.1) is 0 Å². The van der Waals surface area contributed by atoms with Crippen LogP contribution in [0.2, 0.25) is 0 Å². The van der Waals surface area contributed by atoms with Gasteiger partial charge in [-0.25, -0.2) is 0 Å². The van der Waals surface area contributed by atoms with E-state index in [9.17, 15) is 9.59 Å². The molecule has 4 nitrogen and oxygen atoms in total. The van der Waals surface area contributed by atoms with Crippen molar-refractivity contribution in [2.24, 2.45) is 5.92 Å². The van der Waals surface area contributed by atoms with Crippen LogP contribution in [0.4, 0.5) is 5.69 Å². The molecule has 1 heterocycles. The number of hydrogen-bond acceptors (Lipinski definition) is 3. The van der Waals surface area contributed by atoms with E-state index in [0.29, 0.717) is 12.8 Å². The van der Waals surface area contributed by atoms with Gasteiger partial charge in [-0.3, -0.25) is 14.5 Å². The minimum atomic E-state index is -0.0338. The van der Waals surface area contributed by atoms with Gasteiger partial charge in [-0.15, -0.1) is 0 Å². The largest absolute Gasteiger partial charge is 0.326 e. The Bertz CT molecular complexity index is 1130. The van der Waals surface area contributed by atoms with Crippen molar-refractivity contribution in [1.82, 2.24) is 4.90 Å². The van der Waals surface area contributed by atoms with Crippen molar-refractivity contribution in [1.29, 1.82) is 0 Å². The zero-order valence-corrected chi connectivity index (χ0v) is 19.1. The SMILES string of the molecule is Cc1cc2c(c3c1CCC(CN(Cc1ccccc1)Cc1ccccc1)C3=O)CCC(=O)N2. The fraction of sp³-hybridized carbons (Fsp3) is 0.310. The second-order valence-electron chi connectivity index (χ2n) is 9.36. The van der Waals surface area contributed by atoms with Gasteiger partial charge in [0.2, 0.25) is 5.91 Å². The van der Waals surface area contributed by atoms with E-state index in [1.807, 2.05) is 12.1 Å². The molecule has 5 rings (SSSR count). The molecule has 0 saturated carbocycles. The average Bonchev–Trinajstić information content (AvgIpc) is 2.82. The van der Waals surface area contributed by atoms with Crippen LogP contribution in [0.1, 0.15) is 51.0 Å². The maximum absolute atomic E-state index is 13.8. The molecule has 0 fully saturated rings. The van der Waals surface area contributed by atoms with Crippen LogP contribution in [0.25, 0.3) is 0 Å². The standard InChI is InChI=1S/C29H30N2O2/c1-20-16-26-25(14-15-27(32)30-26)28-24(20)13-12-23(29(28)33)19-31(17-21-8-4-2-5-9-21)18-22-10-6-3-7-11-22/h2-11,16,23H,12-15,17-19H2,1H3,(H,30,32). The number of Topliss-reactive ketones (excluding diaryl/α,β-unsaturated/α-hetero) is 1. The van der Waals surface area contributed by atoms with Crippen LogP contribution in [0, 0.1) is 12.8 Å². The number of rotatable bonds is 6. The highest BCUT2D eigenvalue weighted by molar-refractivity contribution is 6.05. The first-order valence-electron chi connectivity index (χ1n) is 11.9. The number of hydrogen-bond donors (Lipinski definition) is 1. The number of aryl methyl sites for hydroxylation is 1. The van der Waals surface area contributed by atoms with Gasteiger partial charge in [0.1, 0.15) is 0 Å². The molecule has 168 valence electrons. The number of carbonyl (C=O) groups is 2. The second-order valence-corrected chi connectivity index (χ2v) is 9.36. The molecule has 1 aliphatic carbocycles. The third kappa shape index (κ3) is 4.62. The first kappa shape index (κ1) is 21.6. The Hall–Kier alpha value is -3.24. The molecule has 0 aromatic heterocycles. The van der Waals surface area contributed by atoms with Gasteiger partial charge < -0.3 is 5.32 Å². The highest BCUT2D eigenvalue weighted by Gasteiger charge is 2.34. The van der Waals surface area contributed by atoms with E-state index in [4.69, 9.17) is 0 Å². The van der Waals surface area contributed by atoms with Gasteiger partial charge in [-0.2, -0.15) is 0 Å². The summed E-state index contributed by atoms with van der Waals surface area (Å²) >= 11 is 0. The average molecular weight is 439 g/mol. The molecule has 33 heavy (non-hydrogen) atoms. The number of benzene rings is 3. The Morgan fingerprint density at radius 3 is 2.12 bits per heavy atom. The number of nitrogens with one attached hydrogen (secondary N) is 1. The minimum absolute atomic E-state index is 0.0338. The monoisotopic (exact) mass is 438 g/mol. The normalized spacial score (nSPS) is 17.5. The lowest BCUT2D eigenvalue weighted by molar-refractivity contribution is -0.116. The van der Waals surface area contributed by atoms with Gasteiger partial charge in [-0.1, -0.05) is 60.7 Å². The lowest BCUT2D eigenvalue weighted by atomic mass is 9.76. The summed E-state index contributed by atoms with van der Waals surface area (Å²) in [6, 6.07) is 23.0. The molecular weight excluding hydrogens is 408 g/mol. The van der Waals surface area contributed by atoms with Crippen LogP contribution in [0.3, 0.4) is 0 Å². The van der Waals surface area contributed by atoms with E-state index in [1.54, 1.807) is 0 Å². The van der Waals surface area contributed by atoms with E-state index in [1.165, 1.54) is 16.7 Å². The zero-order valence-electron chi connectivity index (χ0n) is 19.1. The summed E-state index contributed by atoms with van der Waals surface area (Å²) in [5, 5.41) is 2.99. The molecule has 0 radical (unpaired) electrons. The van der Waals surface area contributed by atoms with Gasteiger partial charge in [-0.05, 0) is 60.1 Å². The predicted molar refractivity (Wildman–Crippen MR) is 131 cm³/mol. The maximum Gasteiger partial charge on any atom is 0.224 e. The van der Waals surface area contributed by atoms with Crippen molar-refractivity contribution in [2.75, 3.05) is 11.9 Å². The van der Waals surface area contributed by atoms with E-state index in [-0.39, 0.29) is 17.6 Å². The number of nitrogens with zero attached hydrogens (tertiary/aromatic N) is 1. The maximum atomic E-state index is 13.8. The highest BCUT2D eigenvalue weighted by Crippen LogP contribution is 2.37. The summed E-state index contributed by atoms with van der Waals surface area (Å²) < 4.78 is 0. The molecule has 3 aromatic carbocycles. The van der Waals surface area contributed by atoms with E-state index < -0.39 is 0 Å². The van der Waals surface area contributed by atoms with E-state index in [2.05, 4.69) is 71.7 Å². The van der Waals surface area contributed by atoms with Crippen LogP contribution in [-0.2, 0) is 30.7 Å². The molecule has 2 aliphatic rings. The highest BCUT2D eigenvalue weighted by atomic mass is 16.1. The molecule has 4 heteroatoms. The molecule has 0 spiro atoms. The summed E-state index contributed by atoms with van der Waals surface area (Å²) in [6.07, 6.45) is 2.90. The van der Waals surface area contributed by atoms with Crippen LogP contribution in [0.5, 0.6) is 0 Å². The topological polar surface area (TPSA) is 49.4 Å². The fourth-order valence-corrected chi connectivity index (χ4v) is 5.35. The summed E-state index contributed by atoms with van der Waals surface area (Å²) in [6.45, 7) is 4.42. The molecule has 3 aromatic rings. The molecule has 1 atom stereocenters. The predicted octanol–water partition coefficient (Wildman–Crippen LogP) is 5.33.